The molecule has 1 N–H and O–H groups in total. The quantitative estimate of drug-likeness (QED) is 0.419. The first kappa shape index (κ1) is 21.2. The van der Waals surface area contributed by atoms with Crippen LogP contribution in [0.4, 0.5) is 17.1 Å². The second-order valence-electron chi connectivity index (χ2n) is 6.67. The number of non-ortho nitro benzene ring substituents is 1. The van der Waals surface area contributed by atoms with Gasteiger partial charge in [0.1, 0.15) is 0 Å². The molecule has 10 nitrogen and oxygen atoms in total. The highest BCUT2D eigenvalue weighted by atomic mass is 32.2. The van der Waals surface area contributed by atoms with Crippen LogP contribution in [-0.2, 0) is 19.6 Å². The lowest BCUT2D eigenvalue weighted by Gasteiger charge is -2.16. The zero-order chi connectivity index (χ0) is 21.9. The molecule has 0 unspecified atom stereocenters. The van der Waals surface area contributed by atoms with Crippen LogP contribution in [0, 0.1) is 17.0 Å². The van der Waals surface area contributed by atoms with Crippen LogP contribution >= 0.6 is 0 Å². The van der Waals surface area contributed by atoms with E-state index in [2.05, 4.69) is 5.32 Å². The summed E-state index contributed by atoms with van der Waals surface area (Å²) in [5.74, 6) is -1.31. The average molecular weight is 433 g/mol. The Morgan fingerprint density at radius 1 is 1.20 bits per heavy atom. The van der Waals surface area contributed by atoms with Gasteiger partial charge < -0.3 is 10.1 Å². The topological polar surface area (TPSA) is 136 Å². The molecule has 11 heteroatoms. The molecule has 1 heterocycles. The number of sulfonamides is 1. The van der Waals surface area contributed by atoms with Crippen LogP contribution in [0.5, 0.6) is 0 Å². The molecule has 0 saturated carbocycles. The Hall–Kier alpha value is -3.47. The highest BCUT2D eigenvalue weighted by molar-refractivity contribution is 7.93. The molecular formula is C19H19N3O7S. The van der Waals surface area contributed by atoms with Crippen LogP contribution in [-0.4, -0.2) is 44.1 Å². The molecule has 1 amide bonds. The summed E-state index contributed by atoms with van der Waals surface area (Å²) in [5, 5.41) is 13.3. The number of nitrogens with one attached hydrogen (secondary N) is 1. The van der Waals surface area contributed by atoms with E-state index in [9.17, 15) is 28.1 Å². The normalized spacial score (nSPS) is 14.9. The summed E-state index contributed by atoms with van der Waals surface area (Å²) < 4.78 is 30.1. The molecule has 0 aromatic heterocycles. The van der Waals surface area contributed by atoms with Gasteiger partial charge in [-0.15, -0.1) is 0 Å². The first-order valence-corrected chi connectivity index (χ1v) is 10.6. The molecule has 30 heavy (non-hydrogen) atoms. The first-order chi connectivity index (χ1) is 14.2. The van der Waals surface area contributed by atoms with E-state index in [1.165, 1.54) is 46.8 Å². The maximum absolute atomic E-state index is 12.1. The number of aryl methyl sites for hydroxylation is 1. The summed E-state index contributed by atoms with van der Waals surface area (Å²) >= 11 is 0. The third-order valence-electron chi connectivity index (χ3n) is 4.53. The van der Waals surface area contributed by atoms with Crippen molar-refractivity contribution in [3.05, 3.63) is 63.7 Å². The number of nitrogens with zero attached hydrogens (tertiary/aromatic N) is 2. The van der Waals surface area contributed by atoms with Gasteiger partial charge in [-0.1, -0.05) is 6.07 Å². The number of esters is 1. The Kier molecular flexibility index (Phi) is 6.01. The molecule has 0 spiro atoms. The van der Waals surface area contributed by atoms with Gasteiger partial charge in [0, 0.05) is 18.7 Å². The molecular weight excluding hydrogens is 414 g/mol. The largest absolute Gasteiger partial charge is 0.452 e. The van der Waals surface area contributed by atoms with E-state index in [1.54, 1.807) is 6.92 Å². The third-order valence-corrected chi connectivity index (χ3v) is 6.40. The lowest BCUT2D eigenvalue weighted by molar-refractivity contribution is -0.384. The molecule has 1 aliphatic rings. The molecule has 0 atom stereocenters. The van der Waals surface area contributed by atoms with E-state index >= 15 is 0 Å². The minimum absolute atomic E-state index is 0.0932. The summed E-state index contributed by atoms with van der Waals surface area (Å²) in [7, 11) is -3.31. The van der Waals surface area contributed by atoms with E-state index in [4.69, 9.17) is 4.74 Å². The van der Waals surface area contributed by atoms with E-state index in [0.29, 0.717) is 24.2 Å². The summed E-state index contributed by atoms with van der Waals surface area (Å²) in [5.41, 5.74) is 1.32. The van der Waals surface area contributed by atoms with Crippen molar-refractivity contribution in [1.82, 2.24) is 0 Å². The number of rotatable bonds is 6. The summed E-state index contributed by atoms with van der Waals surface area (Å²) in [4.78, 5) is 34.5. The Bertz CT molecular complexity index is 1100. The van der Waals surface area contributed by atoms with Crippen LogP contribution in [0.2, 0.25) is 0 Å². The highest BCUT2D eigenvalue weighted by Crippen LogP contribution is 2.24. The lowest BCUT2D eigenvalue weighted by atomic mass is 10.2. The standard InChI is InChI=1S/C19H19N3O7S/c1-13-3-6-16(22(25)26)11-17(13)20-18(23)12-29-19(24)14-4-7-15(8-5-14)21-9-2-10-30(21,27)28/h3-8,11H,2,9-10,12H2,1H3,(H,20,23). The van der Waals surface area contributed by atoms with Crippen molar-refractivity contribution in [3.63, 3.8) is 0 Å². The predicted octanol–water partition coefficient (Wildman–Crippen LogP) is 2.24. The number of nitro groups is 1. The average Bonchev–Trinajstić information content (AvgIpc) is 3.06. The fourth-order valence-electron chi connectivity index (χ4n) is 2.95. The highest BCUT2D eigenvalue weighted by Gasteiger charge is 2.28. The Labute approximate surface area is 172 Å². The van der Waals surface area contributed by atoms with Crippen LogP contribution < -0.4 is 9.62 Å². The molecule has 2 aromatic carbocycles. The third kappa shape index (κ3) is 4.74. The molecule has 0 aliphatic carbocycles. The zero-order valence-corrected chi connectivity index (χ0v) is 16.8. The van der Waals surface area contributed by atoms with Gasteiger partial charge in [0.2, 0.25) is 10.0 Å². The van der Waals surface area contributed by atoms with Crippen molar-refractivity contribution < 1.29 is 27.7 Å². The number of carbonyl (C=O) groups excluding carboxylic acids is 2. The molecule has 1 fully saturated rings. The van der Waals surface area contributed by atoms with Crippen molar-refractivity contribution >= 4 is 39.0 Å². The van der Waals surface area contributed by atoms with Crippen molar-refractivity contribution in [2.45, 2.75) is 13.3 Å². The van der Waals surface area contributed by atoms with Crippen molar-refractivity contribution in [3.8, 4) is 0 Å². The van der Waals surface area contributed by atoms with Crippen molar-refractivity contribution in [2.24, 2.45) is 0 Å². The van der Waals surface area contributed by atoms with Crippen LogP contribution in [0.3, 0.4) is 0 Å². The van der Waals surface area contributed by atoms with Crippen molar-refractivity contribution in [2.75, 3.05) is 28.5 Å². The molecule has 3 rings (SSSR count). The molecule has 1 saturated heterocycles. The maximum Gasteiger partial charge on any atom is 0.338 e. The number of nitro benzene ring substituents is 1. The van der Waals surface area contributed by atoms with Gasteiger partial charge in [-0.2, -0.15) is 0 Å². The van der Waals surface area contributed by atoms with Gasteiger partial charge in [0.15, 0.2) is 6.61 Å². The van der Waals surface area contributed by atoms with Gasteiger partial charge in [0.25, 0.3) is 11.6 Å². The van der Waals surface area contributed by atoms with Gasteiger partial charge in [-0.05, 0) is 43.2 Å². The number of hydrogen-bond donors (Lipinski definition) is 1. The molecule has 1 aliphatic heterocycles. The lowest BCUT2D eigenvalue weighted by Crippen LogP contribution is -2.25. The minimum Gasteiger partial charge on any atom is -0.452 e. The number of anilines is 2. The fraction of sp³-hybridized carbons (Fsp3) is 0.263. The summed E-state index contributed by atoms with van der Waals surface area (Å²) in [6.07, 6.45) is 0.547. The van der Waals surface area contributed by atoms with Crippen LogP contribution in [0.15, 0.2) is 42.5 Å². The van der Waals surface area contributed by atoms with Crippen molar-refractivity contribution in [1.29, 1.82) is 0 Å². The predicted molar refractivity (Wildman–Crippen MR) is 109 cm³/mol. The van der Waals surface area contributed by atoms with Gasteiger partial charge in [-0.3, -0.25) is 19.2 Å². The summed E-state index contributed by atoms with van der Waals surface area (Å²) in [6.45, 7) is 1.49. The fourth-order valence-corrected chi connectivity index (χ4v) is 4.52. The molecule has 2 aromatic rings. The molecule has 158 valence electrons. The molecule has 0 radical (unpaired) electrons. The van der Waals surface area contributed by atoms with Gasteiger partial charge >= 0.3 is 5.97 Å². The van der Waals surface area contributed by atoms with E-state index in [-0.39, 0.29) is 22.7 Å². The SMILES string of the molecule is Cc1ccc([N+](=O)[O-])cc1NC(=O)COC(=O)c1ccc(N2CCCS2(=O)=O)cc1. The van der Waals surface area contributed by atoms with Gasteiger partial charge in [-0.25, -0.2) is 13.2 Å². The maximum atomic E-state index is 12.1. The second kappa shape index (κ2) is 8.49. The van der Waals surface area contributed by atoms with E-state index in [1.807, 2.05) is 0 Å². The van der Waals surface area contributed by atoms with E-state index in [0.717, 1.165) is 0 Å². The van der Waals surface area contributed by atoms with Gasteiger partial charge in [0.05, 0.1) is 27.6 Å². The first-order valence-electron chi connectivity index (χ1n) is 9.00. The number of amides is 1. The Morgan fingerprint density at radius 2 is 1.90 bits per heavy atom. The number of carbonyl (C=O) groups is 2. The second-order valence-corrected chi connectivity index (χ2v) is 8.68. The van der Waals surface area contributed by atoms with E-state index < -0.39 is 33.4 Å². The monoisotopic (exact) mass is 433 g/mol. The van der Waals surface area contributed by atoms with Crippen LogP contribution in [0.25, 0.3) is 0 Å². The minimum atomic E-state index is -3.31. The smallest absolute Gasteiger partial charge is 0.338 e. The van der Waals surface area contributed by atoms with Crippen LogP contribution in [0.1, 0.15) is 22.3 Å². The summed E-state index contributed by atoms with van der Waals surface area (Å²) in [6, 6.07) is 9.91. The number of benzene rings is 2. The Balaban J connectivity index is 1.58. The molecule has 0 bridgehead atoms. The number of ether oxygens (including phenoxy) is 1. The zero-order valence-electron chi connectivity index (χ0n) is 16.0. The number of hydrogen-bond acceptors (Lipinski definition) is 7. The Morgan fingerprint density at radius 3 is 2.50 bits per heavy atom.